The number of imide groups is 1. The number of fused-ring (bicyclic) bond motifs is 1. The number of benzene rings is 2. The largest absolute Gasteiger partial charge is 0.454 e. The summed E-state index contributed by atoms with van der Waals surface area (Å²) in [7, 11) is 0. The lowest BCUT2D eigenvalue weighted by atomic mass is 10.1. The number of hydrogen-bond acceptors (Lipinski definition) is 6. The maximum Gasteiger partial charge on any atom is 0.325 e. The Hall–Kier alpha value is -3.46. The SMILES string of the molecule is Cc1cc(C)cc(-n2ccnc2SCC(=O)NC(=O)Nc2ccc3c(c2)OCO3)c1. The second-order valence-electron chi connectivity index (χ2n) is 6.78. The topological polar surface area (TPSA) is 94.5 Å². The van der Waals surface area contributed by atoms with E-state index in [9.17, 15) is 9.59 Å². The second kappa shape index (κ2) is 8.50. The molecule has 1 aliphatic heterocycles. The molecule has 9 heteroatoms. The third kappa shape index (κ3) is 4.57. The average molecular weight is 424 g/mol. The van der Waals surface area contributed by atoms with Gasteiger partial charge < -0.3 is 14.8 Å². The molecule has 2 aromatic carbocycles. The van der Waals surface area contributed by atoms with Gasteiger partial charge in [-0.3, -0.25) is 14.7 Å². The van der Waals surface area contributed by atoms with E-state index in [-0.39, 0.29) is 12.5 Å². The van der Waals surface area contributed by atoms with Gasteiger partial charge in [-0.1, -0.05) is 17.8 Å². The van der Waals surface area contributed by atoms with Crippen molar-refractivity contribution in [3.05, 3.63) is 59.9 Å². The molecule has 4 rings (SSSR count). The minimum absolute atomic E-state index is 0.0520. The van der Waals surface area contributed by atoms with E-state index in [4.69, 9.17) is 9.47 Å². The summed E-state index contributed by atoms with van der Waals surface area (Å²) in [6.07, 6.45) is 3.53. The predicted octanol–water partition coefficient (Wildman–Crippen LogP) is 3.66. The van der Waals surface area contributed by atoms with Crippen LogP contribution >= 0.6 is 11.8 Å². The van der Waals surface area contributed by atoms with Crippen molar-refractivity contribution in [1.82, 2.24) is 14.9 Å². The van der Waals surface area contributed by atoms with Crippen LogP contribution < -0.4 is 20.1 Å². The van der Waals surface area contributed by atoms with E-state index in [1.54, 1.807) is 24.4 Å². The number of hydrogen-bond donors (Lipinski definition) is 2. The summed E-state index contributed by atoms with van der Waals surface area (Å²) in [5.41, 5.74) is 3.77. The Bertz CT molecular complexity index is 1090. The zero-order valence-corrected chi connectivity index (χ0v) is 17.3. The van der Waals surface area contributed by atoms with Crippen LogP contribution in [0.25, 0.3) is 5.69 Å². The summed E-state index contributed by atoms with van der Waals surface area (Å²) in [4.78, 5) is 28.6. The molecular weight excluding hydrogens is 404 g/mol. The van der Waals surface area contributed by atoms with Gasteiger partial charge in [-0.25, -0.2) is 9.78 Å². The molecule has 1 aromatic heterocycles. The maximum atomic E-state index is 12.2. The first-order valence-electron chi connectivity index (χ1n) is 9.23. The number of carbonyl (C=O) groups is 2. The Labute approximate surface area is 177 Å². The highest BCUT2D eigenvalue weighted by Crippen LogP contribution is 2.34. The van der Waals surface area contributed by atoms with Crippen LogP contribution in [0.2, 0.25) is 0 Å². The average Bonchev–Trinajstić information content (AvgIpc) is 3.34. The molecule has 0 fully saturated rings. The fourth-order valence-electron chi connectivity index (χ4n) is 3.11. The number of ether oxygens (including phenoxy) is 2. The van der Waals surface area contributed by atoms with Gasteiger partial charge in [-0.05, 0) is 49.2 Å². The van der Waals surface area contributed by atoms with E-state index in [0.717, 1.165) is 16.8 Å². The van der Waals surface area contributed by atoms with Crippen molar-refractivity contribution in [2.45, 2.75) is 19.0 Å². The highest BCUT2D eigenvalue weighted by atomic mass is 32.2. The monoisotopic (exact) mass is 424 g/mol. The Kier molecular flexibility index (Phi) is 5.62. The number of aromatic nitrogens is 2. The third-order valence-corrected chi connectivity index (χ3v) is 5.27. The zero-order valence-electron chi connectivity index (χ0n) is 16.5. The van der Waals surface area contributed by atoms with Crippen molar-refractivity contribution in [1.29, 1.82) is 0 Å². The molecule has 3 amide bonds. The van der Waals surface area contributed by atoms with E-state index < -0.39 is 11.9 Å². The molecule has 0 aliphatic carbocycles. The number of nitrogens with zero attached hydrogens (tertiary/aromatic N) is 2. The summed E-state index contributed by atoms with van der Waals surface area (Å²) in [6.45, 7) is 4.22. The molecule has 154 valence electrons. The van der Waals surface area contributed by atoms with Gasteiger partial charge in [0.05, 0.1) is 5.75 Å². The van der Waals surface area contributed by atoms with Crippen molar-refractivity contribution in [2.24, 2.45) is 0 Å². The first kappa shape index (κ1) is 19.8. The standard InChI is InChI=1S/C21H20N4O4S/c1-13-7-14(2)9-16(8-13)25-6-5-22-21(25)30-11-19(26)24-20(27)23-15-3-4-17-18(10-15)29-12-28-17/h3-10H,11-12H2,1-2H3,(H2,23,24,26,27). The fraction of sp³-hybridized carbons (Fsp3) is 0.190. The summed E-state index contributed by atoms with van der Waals surface area (Å²) >= 11 is 1.26. The lowest BCUT2D eigenvalue weighted by Gasteiger charge is -2.10. The van der Waals surface area contributed by atoms with Crippen LogP contribution in [0.5, 0.6) is 11.5 Å². The summed E-state index contributed by atoms with van der Waals surface area (Å²) in [5, 5.41) is 5.60. The van der Waals surface area contributed by atoms with E-state index in [1.165, 1.54) is 11.8 Å². The molecule has 3 aromatic rings. The number of carbonyl (C=O) groups excluding carboxylic acids is 2. The van der Waals surface area contributed by atoms with Gasteiger partial charge in [0.15, 0.2) is 16.7 Å². The minimum atomic E-state index is -0.614. The fourth-order valence-corrected chi connectivity index (χ4v) is 3.89. The highest BCUT2D eigenvalue weighted by molar-refractivity contribution is 7.99. The second-order valence-corrected chi connectivity index (χ2v) is 7.73. The van der Waals surface area contributed by atoms with E-state index >= 15 is 0 Å². The summed E-state index contributed by atoms with van der Waals surface area (Å²) in [6, 6.07) is 10.6. The van der Waals surface area contributed by atoms with Gasteiger partial charge >= 0.3 is 6.03 Å². The normalized spacial score (nSPS) is 11.9. The van der Waals surface area contributed by atoms with Gasteiger partial charge in [0, 0.05) is 29.8 Å². The molecule has 0 radical (unpaired) electrons. The number of nitrogens with one attached hydrogen (secondary N) is 2. The van der Waals surface area contributed by atoms with Gasteiger partial charge in [0.25, 0.3) is 0 Å². The molecule has 1 aliphatic rings. The molecule has 0 saturated heterocycles. The van der Waals surface area contributed by atoms with Crippen molar-refractivity contribution in [3.8, 4) is 17.2 Å². The Morgan fingerprint density at radius 3 is 2.67 bits per heavy atom. The van der Waals surface area contributed by atoms with Crippen molar-refractivity contribution < 1.29 is 19.1 Å². The molecule has 0 bridgehead atoms. The zero-order chi connectivity index (χ0) is 21.1. The Morgan fingerprint density at radius 2 is 1.87 bits per heavy atom. The summed E-state index contributed by atoms with van der Waals surface area (Å²) in [5.74, 6) is 0.796. The number of imidazole rings is 1. The minimum Gasteiger partial charge on any atom is -0.454 e. The smallest absolute Gasteiger partial charge is 0.325 e. The van der Waals surface area contributed by atoms with Gasteiger partial charge in [-0.2, -0.15) is 0 Å². The van der Waals surface area contributed by atoms with Crippen molar-refractivity contribution >= 4 is 29.4 Å². The lowest BCUT2D eigenvalue weighted by molar-refractivity contribution is -0.117. The van der Waals surface area contributed by atoms with E-state index in [0.29, 0.717) is 22.3 Å². The predicted molar refractivity (Wildman–Crippen MR) is 113 cm³/mol. The molecule has 0 unspecified atom stereocenters. The van der Waals surface area contributed by atoms with Gasteiger partial charge in [0.1, 0.15) is 0 Å². The van der Waals surface area contributed by atoms with Gasteiger partial charge in [-0.15, -0.1) is 0 Å². The molecule has 8 nitrogen and oxygen atoms in total. The lowest BCUT2D eigenvalue weighted by Crippen LogP contribution is -2.35. The van der Waals surface area contributed by atoms with Crippen LogP contribution in [0.1, 0.15) is 11.1 Å². The van der Waals surface area contributed by atoms with Crippen LogP contribution in [-0.4, -0.2) is 34.0 Å². The molecule has 30 heavy (non-hydrogen) atoms. The quantitative estimate of drug-likeness (QED) is 0.607. The van der Waals surface area contributed by atoms with Crippen molar-refractivity contribution in [3.63, 3.8) is 0 Å². The number of amides is 3. The highest BCUT2D eigenvalue weighted by Gasteiger charge is 2.16. The Morgan fingerprint density at radius 1 is 1.10 bits per heavy atom. The third-order valence-electron chi connectivity index (χ3n) is 4.31. The molecule has 0 saturated carbocycles. The van der Waals surface area contributed by atoms with E-state index in [2.05, 4.69) is 33.8 Å². The molecule has 2 N–H and O–H groups in total. The first-order chi connectivity index (χ1) is 14.5. The molecule has 0 spiro atoms. The summed E-state index contributed by atoms with van der Waals surface area (Å²) < 4.78 is 12.4. The Balaban J connectivity index is 1.33. The van der Waals surface area contributed by atoms with Crippen LogP contribution in [0, 0.1) is 13.8 Å². The number of anilines is 1. The number of rotatable bonds is 5. The van der Waals surface area contributed by atoms with Crippen LogP contribution in [0.15, 0.2) is 53.9 Å². The molecule has 2 heterocycles. The van der Waals surface area contributed by atoms with Crippen LogP contribution in [0.3, 0.4) is 0 Å². The van der Waals surface area contributed by atoms with Gasteiger partial charge in [0.2, 0.25) is 12.7 Å². The van der Waals surface area contributed by atoms with Crippen LogP contribution in [0.4, 0.5) is 10.5 Å². The first-order valence-corrected chi connectivity index (χ1v) is 10.2. The van der Waals surface area contributed by atoms with E-state index in [1.807, 2.05) is 24.6 Å². The molecular formula is C21H20N4O4S. The molecule has 0 atom stereocenters. The number of urea groups is 1. The van der Waals surface area contributed by atoms with Crippen molar-refractivity contribution in [2.75, 3.05) is 17.9 Å². The van der Waals surface area contributed by atoms with Crippen LogP contribution in [-0.2, 0) is 4.79 Å². The number of aryl methyl sites for hydroxylation is 2. The maximum absolute atomic E-state index is 12.2. The number of thioether (sulfide) groups is 1.